The molecule has 0 fully saturated rings. The molecule has 0 bridgehead atoms. The van der Waals surface area contributed by atoms with Crippen LogP contribution in [-0.2, 0) is 4.79 Å². The van der Waals surface area contributed by atoms with E-state index in [-0.39, 0.29) is 5.91 Å². The number of hydrogen-bond donors (Lipinski definition) is 2. The summed E-state index contributed by atoms with van der Waals surface area (Å²) in [5.74, 6) is -0.624. The van der Waals surface area contributed by atoms with Gasteiger partial charge in [-0.1, -0.05) is 73.3 Å². The number of hydrazine groups is 1. The third-order valence-corrected chi connectivity index (χ3v) is 4.31. The summed E-state index contributed by atoms with van der Waals surface area (Å²) in [6.45, 7) is 3.98. The van der Waals surface area contributed by atoms with Gasteiger partial charge in [-0.2, -0.15) is 0 Å². The van der Waals surface area contributed by atoms with E-state index in [1.807, 2.05) is 60.7 Å². The first-order valence-electron chi connectivity index (χ1n) is 9.23. The van der Waals surface area contributed by atoms with Crippen LogP contribution in [0.15, 0.2) is 97.6 Å². The average Bonchev–Trinajstić information content (AvgIpc) is 2.78. The number of hydrogen-bond acceptors (Lipinski definition) is 3. The van der Waals surface area contributed by atoms with Gasteiger partial charge in [0.2, 0.25) is 5.91 Å². The van der Waals surface area contributed by atoms with Gasteiger partial charge in [0.05, 0.1) is 5.92 Å². The minimum atomic E-state index is -0.535. The Hall–Kier alpha value is -3.86. The van der Waals surface area contributed by atoms with Crippen molar-refractivity contribution in [2.75, 3.05) is 6.61 Å². The smallest absolute Gasteiger partial charge is 0.269 e. The van der Waals surface area contributed by atoms with Gasteiger partial charge in [-0.15, -0.1) is 0 Å². The Kier molecular flexibility index (Phi) is 6.79. The SMILES string of the molecule is C=CCOc1ccc(C(=O)NNC(=O)C(c2ccccc2)c2ccccc2)cc1. The summed E-state index contributed by atoms with van der Waals surface area (Å²) in [6, 6.07) is 25.5. The summed E-state index contributed by atoms with van der Waals surface area (Å²) >= 11 is 0. The second-order valence-electron chi connectivity index (χ2n) is 6.32. The van der Waals surface area contributed by atoms with Gasteiger partial charge in [0.1, 0.15) is 12.4 Å². The van der Waals surface area contributed by atoms with Crippen LogP contribution >= 0.6 is 0 Å². The zero-order valence-corrected chi connectivity index (χ0v) is 15.9. The lowest BCUT2D eigenvalue weighted by molar-refractivity contribution is -0.122. The quantitative estimate of drug-likeness (QED) is 0.479. The zero-order chi connectivity index (χ0) is 20.5. The topological polar surface area (TPSA) is 67.4 Å². The van der Waals surface area contributed by atoms with E-state index in [9.17, 15) is 9.59 Å². The highest BCUT2D eigenvalue weighted by atomic mass is 16.5. The third-order valence-electron chi connectivity index (χ3n) is 4.31. The molecule has 0 saturated heterocycles. The molecule has 3 aromatic rings. The van der Waals surface area contributed by atoms with E-state index < -0.39 is 11.8 Å². The number of ether oxygens (including phenoxy) is 1. The lowest BCUT2D eigenvalue weighted by Gasteiger charge is -2.18. The maximum absolute atomic E-state index is 12.9. The van der Waals surface area contributed by atoms with Gasteiger partial charge in [0.25, 0.3) is 5.91 Å². The van der Waals surface area contributed by atoms with Crippen LogP contribution in [0.1, 0.15) is 27.4 Å². The normalized spacial score (nSPS) is 10.2. The molecule has 0 aliphatic rings. The Morgan fingerprint density at radius 3 is 1.90 bits per heavy atom. The molecule has 5 nitrogen and oxygen atoms in total. The molecule has 0 radical (unpaired) electrons. The second-order valence-corrected chi connectivity index (χ2v) is 6.32. The molecular weight excluding hydrogens is 364 g/mol. The van der Waals surface area contributed by atoms with Crippen LogP contribution in [0.25, 0.3) is 0 Å². The number of amides is 2. The van der Waals surface area contributed by atoms with Crippen molar-refractivity contribution < 1.29 is 14.3 Å². The molecule has 5 heteroatoms. The first kappa shape index (κ1) is 19.9. The molecular formula is C24H22N2O3. The van der Waals surface area contributed by atoms with Crippen molar-refractivity contribution in [3.05, 3.63) is 114 Å². The van der Waals surface area contributed by atoms with Gasteiger partial charge in [0.15, 0.2) is 0 Å². The molecule has 2 amide bonds. The van der Waals surface area contributed by atoms with Gasteiger partial charge in [-0.25, -0.2) is 0 Å². The van der Waals surface area contributed by atoms with Crippen LogP contribution in [0.3, 0.4) is 0 Å². The molecule has 0 spiro atoms. The molecule has 2 N–H and O–H groups in total. The minimum absolute atomic E-state index is 0.318. The van der Waals surface area contributed by atoms with Crippen LogP contribution in [0.2, 0.25) is 0 Å². The standard InChI is InChI=1S/C24H22N2O3/c1-2-17-29-21-15-13-20(14-16-21)23(27)25-26-24(28)22(18-9-5-3-6-10-18)19-11-7-4-8-12-19/h2-16,22H,1,17H2,(H,25,27)(H,26,28). The molecule has 0 atom stereocenters. The van der Waals surface area contributed by atoms with E-state index in [4.69, 9.17) is 4.74 Å². The molecule has 29 heavy (non-hydrogen) atoms. The van der Waals surface area contributed by atoms with Crippen LogP contribution in [0.5, 0.6) is 5.75 Å². The summed E-state index contributed by atoms with van der Waals surface area (Å²) in [4.78, 5) is 25.3. The molecule has 0 aromatic heterocycles. The Labute approximate surface area is 170 Å². The fourth-order valence-electron chi connectivity index (χ4n) is 2.91. The summed E-state index contributed by atoms with van der Waals surface area (Å²) < 4.78 is 5.40. The number of carbonyl (C=O) groups is 2. The van der Waals surface area contributed by atoms with Crippen LogP contribution in [0.4, 0.5) is 0 Å². The highest BCUT2D eigenvalue weighted by molar-refractivity contribution is 5.96. The average molecular weight is 386 g/mol. The predicted molar refractivity (Wildman–Crippen MR) is 112 cm³/mol. The zero-order valence-electron chi connectivity index (χ0n) is 15.9. The largest absolute Gasteiger partial charge is 0.490 e. The Morgan fingerprint density at radius 1 is 0.828 bits per heavy atom. The number of benzene rings is 3. The van der Waals surface area contributed by atoms with E-state index >= 15 is 0 Å². The van der Waals surface area contributed by atoms with E-state index in [1.165, 1.54) is 0 Å². The van der Waals surface area contributed by atoms with Crippen molar-refractivity contribution in [3.63, 3.8) is 0 Å². The maximum atomic E-state index is 12.9. The molecule has 146 valence electrons. The predicted octanol–water partition coefficient (Wildman–Crippen LogP) is 3.84. The second kappa shape index (κ2) is 9.90. The Bertz CT molecular complexity index is 915. The summed E-state index contributed by atoms with van der Waals surface area (Å²) in [5.41, 5.74) is 7.12. The highest BCUT2D eigenvalue weighted by Gasteiger charge is 2.23. The highest BCUT2D eigenvalue weighted by Crippen LogP contribution is 2.24. The summed E-state index contributed by atoms with van der Waals surface area (Å²) in [5, 5.41) is 0. The maximum Gasteiger partial charge on any atom is 0.269 e. The number of nitrogens with one attached hydrogen (secondary N) is 2. The van der Waals surface area contributed by atoms with Gasteiger partial charge < -0.3 is 4.74 Å². The van der Waals surface area contributed by atoms with Crippen LogP contribution in [0, 0.1) is 0 Å². The fourth-order valence-corrected chi connectivity index (χ4v) is 2.91. The van der Waals surface area contributed by atoms with E-state index in [0.29, 0.717) is 17.9 Å². The van der Waals surface area contributed by atoms with Crippen LogP contribution < -0.4 is 15.6 Å². The number of rotatable bonds is 7. The van der Waals surface area contributed by atoms with Crippen molar-refractivity contribution in [1.29, 1.82) is 0 Å². The molecule has 0 saturated carbocycles. The van der Waals surface area contributed by atoms with Crippen molar-refractivity contribution in [1.82, 2.24) is 10.9 Å². The summed E-state index contributed by atoms with van der Waals surface area (Å²) in [6.07, 6.45) is 1.64. The van der Waals surface area contributed by atoms with Crippen molar-refractivity contribution in [3.8, 4) is 5.75 Å². The molecule has 0 heterocycles. The molecule has 0 aliphatic heterocycles. The van der Waals surface area contributed by atoms with Crippen molar-refractivity contribution in [2.45, 2.75) is 5.92 Å². The lowest BCUT2D eigenvalue weighted by atomic mass is 9.91. The van der Waals surface area contributed by atoms with E-state index in [2.05, 4.69) is 17.4 Å². The third kappa shape index (κ3) is 5.32. The molecule has 0 aliphatic carbocycles. The van der Waals surface area contributed by atoms with Gasteiger partial charge >= 0.3 is 0 Å². The van der Waals surface area contributed by atoms with E-state index in [0.717, 1.165) is 11.1 Å². The van der Waals surface area contributed by atoms with Gasteiger partial charge in [0, 0.05) is 5.56 Å². The Balaban J connectivity index is 1.68. The molecule has 3 aromatic carbocycles. The van der Waals surface area contributed by atoms with Gasteiger partial charge in [-0.3, -0.25) is 20.4 Å². The monoisotopic (exact) mass is 386 g/mol. The van der Waals surface area contributed by atoms with E-state index in [1.54, 1.807) is 30.3 Å². The van der Waals surface area contributed by atoms with Crippen molar-refractivity contribution in [2.24, 2.45) is 0 Å². The fraction of sp³-hybridized carbons (Fsp3) is 0.0833. The molecule has 3 rings (SSSR count). The summed E-state index contributed by atoms with van der Waals surface area (Å²) in [7, 11) is 0. The first-order valence-corrected chi connectivity index (χ1v) is 9.23. The first-order chi connectivity index (χ1) is 14.2. The lowest BCUT2D eigenvalue weighted by Crippen LogP contribution is -2.44. The number of carbonyl (C=O) groups excluding carboxylic acids is 2. The van der Waals surface area contributed by atoms with Gasteiger partial charge in [-0.05, 0) is 35.4 Å². The minimum Gasteiger partial charge on any atom is -0.490 e. The molecule has 0 unspecified atom stereocenters. The Morgan fingerprint density at radius 2 is 1.38 bits per heavy atom. The van der Waals surface area contributed by atoms with Crippen LogP contribution in [-0.4, -0.2) is 18.4 Å². The van der Waals surface area contributed by atoms with Crippen molar-refractivity contribution >= 4 is 11.8 Å².